The van der Waals surface area contributed by atoms with Gasteiger partial charge in [-0.3, -0.25) is 15.1 Å². The van der Waals surface area contributed by atoms with Crippen molar-refractivity contribution in [2.24, 2.45) is 0 Å². The van der Waals surface area contributed by atoms with Gasteiger partial charge in [0.15, 0.2) is 0 Å². The fraction of sp³-hybridized carbons (Fsp3) is 0.267. The number of nitrogens with zero attached hydrogens (tertiary/aromatic N) is 2. The maximum atomic E-state index is 11.0. The summed E-state index contributed by atoms with van der Waals surface area (Å²) in [5, 5.41) is 14.1. The van der Waals surface area contributed by atoms with Crippen LogP contribution in [0.2, 0.25) is 0 Å². The fourth-order valence-electron chi connectivity index (χ4n) is 1.83. The van der Waals surface area contributed by atoms with Crippen molar-refractivity contribution < 1.29 is 9.66 Å². The fourth-order valence-corrected chi connectivity index (χ4v) is 1.83. The van der Waals surface area contributed by atoms with Crippen LogP contribution < -0.4 is 10.1 Å². The van der Waals surface area contributed by atoms with E-state index in [1.807, 2.05) is 32.0 Å². The molecule has 6 heteroatoms. The van der Waals surface area contributed by atoms with Crippen LogP contribution in [0.4, 0.5) is 11.4 Å². The smallest absolute Gasteiger partial charge is 0.275 e. The minimum atomic E-state index is -0.431. The summed E-state index contributed by atoms with van der Waals surface area (Å²) in [6, 6.07) is 10.3. The monoisotopic (exact) mass is 287 g/mol. The number of hydrogen-bond donors (Lipinski definition) is 1. The Morgan fingerprint density at radius 1 is 1.33 bits per heavy atom. The van der Waals surface area contributed by atoms with E-state index < -0.39 is 4.92 Å². The molecule has 0 radical (unpaired) electrons. The van der Waals surface area contributed by atoms with Crippen molar-refractivity contribution in [2.75, 3.05) is 5.32 Å². The molecule has 1 aromatic carbocycles. The highest BCUT2D eigenvalue weighted by atomic mass is 16.6. The summed E-state index contributed by atoms with van der Waals surface area (Å²) >= 11 is 0. The molecule has 0 saturated carbocycles. The molecule has 110 valence electrons. The van der Waals surface area contributed by atoms with Crippen molar-refractivity contribution >= 4 is 11.4 Å². The van der Waals surface area contributed by atoms with E-state index in [1.165, 1.54) is 12.1 Å². The molecule has 2 aromatic rings. The molecular formula is C15H17N3O3. The van der Waals surface area contributed by atoms with Gasteiger partial charge in [-0.15, -0.1) is 0 Å². The average Bonchev–Trinajstić information content (AvgIpc) is 2.45. The summed E-state index contributed by atoms with van der Waals surface area (Å²) in [6.45, 7) is 4.24. The highest BCUT2D eigenvalue weighted by molar-refractivity contribution is 5.56. The number of nitro groups is 1. The molecule has 0 fully saturated rings. The van der Waals surface area contributed by atoms with Crippen LogP contribution in [-0.2, 0) is 6.54 Å². The molecule has 0 aliphatic rings. The third kappa shape index (κ3) is 4.45. The number of benzene rings is 1. The second kappa shape index (κ2) is 6.69. The topological polar surface area (TPSA) is 77.3 Å². The number of pyridine rings is 1. The Morgan fingerprint density at radius 2 is 2.14 bits per heavy atom. The highest BCUT2D eigenvalue weighted by Gasteiger charge is 2.11. The van der Waals surface area contributed by atoms with E-state index in [-0.39, 0.29) is 11.8 Å². The van der Waals surface area contributed by atoms with Gasteiger partial charge >= 0.3 is 0 Å². The molecule has 0 atom stereocenters. The van der Waals surface area contributed by atoms with Crippen molar-refractivity contribution in [1.82, 2.24) is 4.98 Å². The number of nitro benzene ring substituents is 1. The van der Waals surface area contributed by atoms with Gasteiger partial charge < -0.3 is 10.1 Å². The summed E-state index contributed by atoms with van der Waals surface area (Å²) < 4.78 is 5.54. The van der Waals surface area contributed by atoms with Crippen LogP contribution in [0.1, 0.15) is 19.5 Å². The highest BCUT2D eigenvalue weighted by Crippen LogP contribution is 2.27. The molecule has 0 spiro atoms. The second-order valence-corrected chi connectivity index (χ2v) is 4.81. The number of ether oxygens (including phenoxy) is 1. The first-order valence-corrected chi connectivity index (χ1v) is 6.64. The Hall–Kier alpha value is -2.63. The number of hydrogen-bond acceptors (Lipinski definition) is 5. The van der Waals surface area contributed by atoms with Crippen molar-refractivity contribution in [2.45, 2.75) is 26.5 Å². The van der Waals surface area contributed by atoms with E-state index in [4.69, 9.17) is 4.74 Å². The van der Waals surface area contributed by atoms with Crippen LogP contribution in [0.25, 0.3) is 0 Å². The molecular weight excluding hydrogens is 270 g/mol. The molecule has 1 heterocycles. The summed E-state index contributed by atoms with van der Waals surface area (Å²) in [5.74, 6) is 0.475. The van der Waals surface area contributed by atoms with Gasteiger partial charge in [0.1, 0.15) is 5.75 Å². The Bertz CT molecular complexity index is 615. The standard InChI is InChI=1S/C15H17N3O3/c1-11(2)21-15-8-13(7-14(9-15)18(19)20)17-10-12-5-3-4-6-16-12/h3-9,11,17H,10H2,1-2H3. The lowest BCUT2D eigenvalue weighted by atomic mass is 10.2. The van der Waals surface area contributed by atoms with Gasteiger partial charge in [-0.1, -0.05) is 6.07 Å². The molecule has 0 amide bonds. The van der Waals surface area contributed by atoms with Crippen LogP contribution in [0.5, 0.6) is 5.75 Å². The average molecular weight is 287 g/mol. The molecule has 1 aromatic heterocycles. The van der Waals surface area contributed by atoms with Gasteiger partial charge in [0, 0.05) is 24.0 Å². The van der Waals surface area contributed by atoms with Gasteiger partial charge in [-0.2, -0.15) is 0 Å². The molecule has 21 heavy (non-hydrogen) atoms. The van der Waals surface area contributed by atoms with Crippen molar-refractivity contribution in [3.63, 3.8) is 0 Å². The predicted molar refractivity (Wildman–Crippen MR) is 80.4 cm³/mol. The number of nitrogens with one attached hydrogen (secondary N) is 1. The van der Waals surface area contributed by atoms with Crippen LogP contribution in [0.3, 0.4) is 0 Å². The maximum Gasteiger partial charge on any atom is 0.275 e. The summed E-state index contributed by atoms with van der Waals surface area (Å²) in [5.41, 5.74) is 1.48. The van der Waals surface area contributed by atoms with Crippen LogP contribution in [-0.4, -0.2) is 16.0 Å². The van der Waals surface area contributed by atoms with E-state index in [2.05, 4.69) is 10.3 Å². The van der Waals surface area contributed by atoms with Gasteiger partial charge in [0.25, 0.3) is 5.69 Å². The quantitative estimate of drug-likeness (QED) is 0.651. The second-order valence-electron chi connectivity index (χ2n) is 4.81. The molecule has 0 unspecified atom stereocenters. The lowest BCUT2D eigenvalue weighted by Gasteiger charge is -2.12. The first-order chi connectivity index (χ1) is 10.0. The van der Waals surface area contributed by atoms with E-state index in [9.17, 15) is 10.1 Å². The van der Waals surface area contributed by atoms with Crippen molar-refractivity contribution in [3.8, 4) is 5.75 Å². The molecule has 0 aliphatic carbocycles. The predicted octanol–water partition coefficient (Wildman–Crippen LogP) is 3.39. The number of aromatic nitrogens is 1. The number of non-ortho nitro benzene ring substituents is 1. The number of anilines is 1. The first kappa shape index (κ1) is 14.8. The van der Waals surface area contributed by atoms with Gasteiger partial charge in [0.05, 0.1) is 29.3 Å². The van der Waals surface area contributed by atoms with Crippen LogP contribution in [0.15, 0.2) is 42.6 Å². The minimum absolute atomic E-state index is 0.00308. The van der Waals surface area contributed by atoms with Gasteiger partial charge in [0.2, 0.25) is 0 Å². The normalized spacial score (nSPS) is 10.4. The molecule has 1 N–H and O–H groups in total. The molecule has 6 nitrogen and oxygen atoms in total. The zero-order chi connectivity index (χ0) is 15.2. The van der Waals surface area contributed by atoms with E-state index >= 15 is 0 Å². The molecule has 0 saturated heterocycles. The Balaban J connectivity index is 2.17. The van der Waals surface area contributed by atoms with E-state index in [0.29, 0.717) is 18.0 Å². The van der Waals surface area contributed by atoms with Gasteiger partial charge in [-0.25, -0.2) is 0 Å². The molecule has 0 bridgehead atoms. The third-order valence-electron chi connectivity index (χ3n) is 2.67. The SMILES string of the molecule is CC(C)Oc1cc(NCc2ccccn2)cc([N+](=O)[O-])c1. The zero-order valence-corrected chi connectivity index (χ0v) is 11.9. The van der Waals surface area contributed by atoms with E-state index in [0.717, 1.165) is 5.69 Å². The van der Waals surface area contributed by atoms with E-state index in [1.54, 1.807) is 12.3 Å². The van der Waals surface area contributed by atoms with Crippen molar-refractivity contribution in [1.29, 1.82) is 0 Å². The van der Waals surface area contributed by atoms with Crippen molar-refractivity contribution in [3.05, 3.63) is 58.4 Å². The molecule has 0 aliphatic heterocycles. The summed E-state index contributed by atoms with van der Waals surface area (Å²) in [7, 11) is 0. The van der Waals surface area contributed by atoms with Crippen LogP contribution >= 0.6 is 0 Å². The lowest BCUT2D eigenvalue weighted by Crippen LogP contribution is -2.07. The Morgan fingerprint density at radius 3 is 2.76 bits per heavy atom. The third-order valence-corrected chi connectivity index (χ3v) is 2.67. The zero-order valence-electron chi connectivity index (χ0n) is 11.9. The lowest BCUT2D eigenvalue weighted by molar-refractivity contribution is -0.384. The maximum absolute atomic E-state index is 11.0. The van der Waals surface area contributed by atoms with Crippen LogP contribution in [0, 0.1) is 10.1 Å². The molecule has 2 rings (SSSR count). The summed E-state index contributed by atoms with van der Waals surface area (Å²) in [6.07, 6.45) is 1.66. The largest absolute Gasteiger partial charge is 0.491 e. The Labute approximate surface area is 122 Å². The number of rotatable bonds is 6. The Kier molecular flexibility index (Phi) is 4.71. The van der Waals surface area contributed by atoms with Gasteiger partial charge in [-0.05, 0) is 26.0 Å². The summed E-state index contributed by atoms with van der Waals surface area (Å²) in [4.78, 5) is 14.7. The first-order valence-electron chi connectivity index (χ1n) is 6.64. The minimum Gasteiger partial charge on any atom is -0.491 e.